The second kappa shape index (κ2) is 10.1. The number of methoxy groups -OCH3 is 1. The molecule has 2 rings (SSSR count). The number of nitrogens with one attached hydrogen (secondary N) is 1. The predicted octanol–water partition coefficient (Wildman–Crippen LogP) is 5.40. The number of carbonyl (C=O) groups is 1. The average molecular weight is 496 g/mol. The molecule has 0 bridgehead atoms. The SMILES string of the molecule is COc1ccc(NC(=O)c2ccc(I)cc2)cc1OC(C)N(C(C)C)C(C)C. The first-order valence-corrected chi connectivity index (χ1v) is 10.5. The van der Waals surface area contributed by atoms with Gasteiger partial charge in [-0.3, -0.25) is 9.69 Å². The molecule has 1 amide bonds. The summed E-state index contributed by atoms with van der Waals surface area (Å²) in [6.07, 6.45) is -0.143. The Morgan fingerprint density at radius 1 is 0.964 bits per heavy atom. The maximum Gasteiger partial charge on any atom is 0.255 e. The number of benzene rings is 2. The van der Waals surface area contributed by atoms with Crippen molar-refractivity contribution in [1.82, 2.24) is 4.90 Å². The summed E-state index contributed by atoms with van der Waals surface area (Å²) < 4.78 is 12.7. The van der Waals surface area contributed by atoms with Gasteiger partial charge in [0.2, 0.25) is 0 Å². The van der Waals surface area contributed by atoms with E-state index >= 15 is 0 Å². The van der Waals surface area contributed by atoms with E-state index in [1.54, 1.807) is 19.2 Å². The Bertz CT molecular complexity index is 783. The smallest absolute Gasteiger partial charge is 0.255 e. The first kappa shape index (κ1) is 22.5. The fourth-order valence-electron chi connectivity index (χ4n) is 3.33. The number of nitrogens with zero attached hydrogens (tertiary/aromatic N) is 1. The van der Waals surface area contributed by atoms with Crippen LogP contribution in [0.3, 0.4) is 0 Å². The Morgan fingerprint density at radius 2 is 1.57 bits per heavy atom. The van der Waals surface area contributed by atoms with Gasteiger partial charge in [0.25, 0.3) is 5.91 Å². The molecule has 0 aliphatic rings. The second-order valence-corrected chi connectivity index (χ2v) is 8.42. The maximum atomic E-state index is 12.5. The maximum absolute atomic E-state index is 12.5. The van der Waals surface area contributed by atoms with E-state index in [0.717, 1.165) is 3.57 Å². The first-order valence-electron chi connectivity index (χ1n) is 9.42. The first-order chi connectivity index (χ1) is 13.2. The second-order valence-electron chi connectivity index (χ2n) is 7.18. The van der Waals surface area contributed by atoms with Crippen LogP contribution in [0.2, 0.25) is 0 Å². The lowest BCUT2D eigenvalue weighted by Gasteiger charge is -2.36. The summed E-state index contributed by atoms with van der Waals surface area (Å²) in [5.41, 5.74) is 1.27. The molecule has 0 saturated heterocycles. The van der Waals surface area contributed by atoms with Gasteiger partial charge < -0.3 is 14.8 Å². The van der Waals surface area contributed by atoms with Crippen molar-refractivity contribution in [3.05, 3.63) is 51.6 Å². The third kappa shape index (κ3) is 5.85. The molecule has 0 aromatic heterocycles. The van der Waals surface area contributed by atoms with Crippen LogP contribution in [0, 0.1) is 3.57 Å². The van der Waals surface area contributed by atoms with Crippen LogP contribution in [0.5, 0.6) is 11.5 Å². The minimum atomic E-state index is -0.161. The molecular weight excluding hydrogens is 467 g/mol. The normalized spacial score (nSPS) is 12.4. The van der Waals surface area contributed by atoms with Gasteiger partial charge in [-0.15, -0.1) is 0 Å². The molecule has 152 valence electrons. The molecule has 0 saturated carbocycles. The number of amides is 1. The van der Waals surface area contributed by atoms with E-state index in [9.17, 15) is 4.79 Å². The van der Waals surface area contributed by atoms with Crippen LogP contribution < -0.4 is 14.8 Å². The molecule has 0 radical (unpaired) electrons. The average Bonchev–Trinajstić information content (AvgIpc) is 2.61. The van der Waals surface area contributed by atoms with Gasteiger partial charge in [0, 0.05) is 33.0 Å². The molecular formula is C22H29IN2O3. The van der Waals surface area contributed by atoms with Gasteiger partial charge in [0.05, 0.1) is 7.11 Å². The highest BCUT2D eigenvalue weighted by atomic mass is 127. The number of anilines is 1. The topological polar surface area (TPSA) is 50.8 Å². The van der Waals surface area contributed by atoms with Gasteiger partial charge in [-0.05, 0) is 93.6 Å². The molecule has 6 heteroatoms. The lowest BCUT2D eigenvalue weighted by Crippen LogP contribution is -2.46. The zero-order valence-electron chi connectivity index (χ0n) is 17.3. The summed E-state index contributed by atoms with van der Waals surface area (Å²) in [7, 11) is 1.61. The molecule has 2 aromatic carbocycles. The Morgan fingerprint density at radius 3 is 2.11 bits per heavy atom. The fraction of sp³-hybridized carbons (Fsp3) is 0.409. The Hall–Kier alpha value is -1.80. The van der Waals surface area contributed by atoms with E-state index < -0.39 is 0 Å². The molecule has 1 N–H and O–H groups in total. The van der Waals surface area contributed by atoms with Gasteiger partial charge >= 0.3 is 0 Å². The summed E-state index contributed by atoms with van der Waals surface area (Å²) in [6, 6.07) is 13.5. The summed E-state index contributed by atoms with van der Waals surface area (Å²) in [6.45, 7) is 10.6. The van der Waals surface area contributed by atoms with Gasteiger partial charge in [0.15, 0.2) is 11.5 Å². The zero-order valence-corrected chi connectivity index (χ0v) is 19.5. The van der Waals surface area contributed by atoms with Crippen LogP contribution >= 0.6 is 22.6 Å². The molecule has 0 aliphatic heterocycles. The van der Waals surface area contributed by atoms with Crippen LogP contribution in [-0.2, 0) is 0 Å². The Balaban J connectivity index is 2.21. The minimum Gasteiger partial charge on any atom is -0.493 e. The third-order valence-corrected chi connectivity index (χ3v) is 5.16. The molecule has 2 aromatic rings. The molecule has 5 nitrogen and oxygen atoms in total. The lowest BCUT2D eigenvalue weighted by molar-refractivity contribution is -0.00690. The Kier molecular flexibility index (Phi) is 8.12. The molecule has 0 fully saturated rings. The van der Waals surface area contributed by atoms with Crippen molar-refractivity contribution in [2.45, 2.75) is 52.9 Å². The van der Waals surface area contributed by atoms with Crippen molar-refractivity contribution in [1.29, 1.82) is 0 Å². The van der Waals surface area contributed by atoms with Crippen LogP contribution in [0.15, 0.2) is 42.5 Å². The van der Waals surface area contributed by atoms with Gasteiger partial charge in [-0.1, -0.05) is 0 Å². The van der Waals surface area contributed by atoms with Gasteiger partial charge in [-0.2, -0.15) is 0 Å². The molecule has 0 spiro atoms. The molecule has 0 aliphatic carbocycles. The van der Waals surface area contributed by atoms with Crippen molar-refractivity contribution in [2.75, 3.05) is 12.4 Å². The number of rotatable bonds is 8. The van der Waals surface area contributed by atoms with E-state index in [1.165, 1.54) is 0 Å². The van der Waals surface area contributed by atoms with E-state index in [1.807, 2.05) is 37.3 Å². The molecule has 0 heterocycles. The Labute approximate surface area is 181 Å². The number of carbonyl (C=O) groups excluding carboxylic acids is 1. The van der Waals surface area contributed by atoms with Crippen LogP contribution in [0.25, 0.3) is 0 Å². The third-order valence-electron chi connectivity index (χ3n) is 4.44. The molecule has 28 heavy (non-hydrogen) atoms. The number of hydrogen-bond donors (Lipinski definition) is 1. The van der Waals surface area contributed by atoms with Crippen molar-refractivity contribution in [3.8, 4) is 11.5 Å². The van der Waals surface area contributed by atoms with Crippen molar-refractivity contribution in [3.63, 3.8) is 0 Å². The quantitative estimate of drug-likeness (QED) is 0.393. The van der Waals surface area contributed by atoms with Crippen LogP contribution in [0.4, 0.5) is 5.69 Å². The van der Waals surface area contributed by atoms with Crippen molar-refractivity contribution >= 4 is 34.2 Å². The van der Waals surface area contributed by atoms with E-state index in [-0.39, 0.29) is 12.1 Å². The molecule has 1 unspecified atom stereocenters. The van der Waals surface area contributed by atoms with Crippen molar-refractivity contribution in [2.24, 2.45) is 0 Å². The largest absolute Gasteiger partial charge is 0.493 e. The monoisotopic (exact) mass is 496 g/mol. The van der Waals surface area contributed by atoms with Gasteiger partial charge in [-0.25, -0.2) is 0 Å². The van der Waals surface area contributed by atoms with E-state index in [4.69, 9.17) is 9.47 Å². The van der Waals surface area contributed by atoms with Crippen LogP contribution in [-0.4, -0.2) is 36.2 Å². The highest BCUT2D eigenvalue weighted by molar-refractivity contribution is 14.1. The summed E-state index contributed by atoms with van der Waals surface area (Å²) in [4.78, 5) is 14.8. The summed E-state index contributed by atoms with van der Waals surface area (Å²) >= 11 is 2.21. The van der Waals surface area contributed by atoms with Crippen LogP contribution in [0.1, 0.15) is 45.0 Å². The highest BCUT2D eigenvalue weighted by Gasteiger charge is 2.23. The highest BCUT2D eigenvalue weighted by Crippen LogP contribution is 2.32. The lowest BCUT2D eigenvalue weighted by atomic mass is 10.2. The summed E-state index contributed by atoms with van der Waals surface area (Å²) in [5.74, 6) is 1.07. The summed E-state index contributed by atoms with van der Waals surface area (Å²) in [5, 5.41) is 2.93. The number of hydrogen-bond acceptors (Lipinski definition) is 4. The van der Waals surface area contributed by atoms with E-state index in [2.05, 4.69) is 60.5 Å². The number of ether oxygens (including phenoxy) is 2. The predicted molar refractivity (Wildman–Crippen MR) is 122 cm³/mol. The van der Waals surface area contributed by atoms with E-state index in [0.29, 0.717) is 34.8 Å². The van der Waals surface area contributed by atoms with Gasteiger partial charge in [0.1, 0.15) is 6.23 Å². The fourth-order valence-corrected chi connectivity index (χ4v) is 3.69. The van der Waals surface area contributed by atoms with Crippen molar-refractivity contribution < 1.29 is 14.3 Å². The minimum absolute atomic E-state index is 0.143. The standard InChI is InChI=1S/C22H29IN2O3/c1-14(2)25(15(3)4)16(5)28-21-13-19(11-12-20(21)27-6)24-22(26)17-7-9-18(23)10-8-17/h7-16H,1-6H3,(H,24,26). The number of halogens is 1. The molecule has 1 atom stereocenters. The zero-order chi connectivity index (χ0) is 20.8.